The number of thioether (sulfide) groups is 1. The van der Waals surface area contributed by atoms with Crippen LogP contribution < -0.4 is 10.2 Å². The fourth-order valence-corrected chi connectivity index (χ4v) is 4.39. The first-order chi connectivity index (χ1) is 13.0. The molecule has 27 heavy (non-hydrogen) atoms. The van der Waals surface area contributed by atoms with Crippen molar-refractivity contribution >= 4 is 35.0 Å². The van der Waals surface area contributed by atoms with Crippen LogP contribution in [0.5, 0.6) is 0 Å². The second-order valence-electron chi connectivity index (χ2n) is 6.92. The Hall–Kier alpha value is -2.27. The number of hydrogen-bond donors (Lipinski definition) is 1. The Labute approximate surface area is 165 Å². The normalized spacial score (nSPS) is 16.6. The molecule has 0 spiro atoms. The molecule has 142 valence electrons. The lowest BCUT2D eigenvalue weighted by Crippen LogP contribution is -2.28. The van der Waals surface area contributed by atoms with Gasteiger partial charge in [0.2, 0.25) is 11.8 Å². The van der Waals surface area contributed by atoms with Gasteiger partial charge in [-0.15, -0.1) is 11.8 Å². The summed E-state index contributed by atoms with van der Waals surface area (Å²) in [6, 6.07) is 13.9. The summed E-state index contributed by atoms with van der Waals surface area (Å²) in [5.74, 6) is 0.663. The maximum Gasteiger partial charge on any atom is 0.238 e. The number of nitrogens with one attached hydrogen (secondary N) is 1. The Balaban J connectivity index is 1.79. The second-order valence-corrected chi connectivity index (χ2v) is 7.99. The molecule has 0 aromatic heterocycles. The van der Waals surface area contributed by atoms with E-state index in [1.54, 1.807) is 11.8 Å². The van der Waals surface area contributed by atoms with Gasteiger partial charge in [0, 0.05) is 17.8 Å². The molecule has 2 aromatic rings. The lowest BCUT2D eigenvalue weighted by molar-refractivity contribution is -0.116. The molecule has 1 saturated heterocycles. The quantitative estimate of drug-likeness (QED) is 0.746. The zero-order valence-electron chi connectivity index (χ0n) is 16.1. The van der Waals surface area contributed by atoms with Crippen molar-refractivity contribution in [1.82, 2.24) is 0 Å². The molecule has 0 radical (unpaired) electrons. The highest BCUT2D eigenvalue weighted by molar-refractivity contribution is 8.00. The summed E-state index contributed by atoms with van der Waals surface area (Å²) in [7, 11) is 0. The van der Waals surface area contributed by atoms with Crippen LogP contribution in [0, 0.1) is 13.8 Å². The van der Waals surface area contributed by atoms with Crippen molar-refractivity contribution in [2.24, 2.45) is 0 Å². The standard InChI is InChI=1S/C22H26N2O2S/c1-4-5-9-20(25)23-18-12-10-17(11-13-18)22-24(21(26)14-27-22)19-8-6-7-15(2)16(19)3/h6-8,10-13,22H,4-5,9,14H2,1-3H3,(H,23,25)/t22-/m1/s1. The molecule has 1 aliphatic rings. The third kappa shape index (κ3) is 4.35. The van der Waals surface area contributed by atoms with Crippen LogP contribution in [0.4, 0.5) is 11.4 Å². The molecular formula is C22H26N2O2S. The van der Waals surface area contributed by atoms with E-state index >= 15 is 0 Å². The minimum atomic E-state index is -0.0390. The highest BCUT2D eigenvalue weighted by Crippen LogP contribution is 2.43. The van der Waals surface area contributed by atoms with Crippen molar-refractivity contribution in [1.29, 1.82) is 0 Å². The van der Waals surface area contributed by atoms with Crippen LogP contribution in [-0.2, 0) is 9.59 Å². The Bertz CT molecular complexity index is 833. The van der Waals surface area contributed by atoms with Crippen molar-refractivity contribution in [3.63, 3.8) is 0 Å². The first-order valence-electron chi connectivity index (χ1n) is 9.41. The molecule has 1 heterocycles. The molecular weight excluding hydrogens is 356 g/mol. The van der Waals surface area contributed by atoms with Crippen LogP contribution in [0.3, 0.4) is 0 Å². The highest BCUT2D eigenvalue weighted by atomic mass is 32.2. The van der Waals surface area contributed by atoms with Crippen LogP contribution in [0.2, 0.25) is 0 Å². The summed E-state index contributed by atoms with van der Waals surface area (Å²) in [6.07, 6.45) is 2.45. The molecule has 0 bridgehead atoms. The van der Waals surface area contributed by atoms with Gasteiger partial charge in [-0.3, -0.25) is 14.5 Å². The summed E-state index contributed by atoms with van der Waals surface area (Å²) in [6.45, 7) is 6.20. The van der Waals surface area contributed by atoms with Gasteiger partial charge in [-0.1, -0.05) is 37.6 Å². The average Bonchev–Trinajstić information content (AvgIpc) is 3.04. The van der Waals surface area contributed by atoms with Crippen molar-refractivity contribution < 1.29 is 9.59 Å². The summed E-state index contributed by atoms with van der Waals surface area (Å²) in [5, 5.41) is 2.90. The fourth-order valence-electron chi connectivity index (χ4n) is 3.22. The largest absolute Gasteiger partial charge is 0.326 e. The summed E-state index contributed by atoms with van der Waals surface area (Å²) >= 11 is 1.64. The highest BCUT2D eigenvalue weighted by Gasteiger charge is 2.34. The monoisotopic (exact) mass is 382 g/mol. The predicted molar refractivity (Wildman–Crippen MR) is 113 cm³/mol. The summed E-state index contributed by atoms with van der Waals surface area (Å²) in [5.41, 5.74) is 5.16. The number of nitrogens with zero attached hydrogens (tertiary/aromatic N) is 1. The van der Waals surface area contributed by atoms with Crippen molar-refractivity contribution in [2.45, 2.75) is 45.4 Å². The van der Waals surface area contributed by atoms with E-state index in [1.165, 1.54) is 5.56 Å². The number of anilines is 2. The Kier molecular flexibility index (Phi) is 6.22. The molecule has 2 aromatic carbocycles. The molecule has 0 saturated carbocycles. The third-order valence-corrected chi connectivity index (χ3v) is 6.15. The third-order valence-electron chi connectivity index (χ3n) is 4.94. The molecule has 1 N–H and O–H groups in total. The van der Waals surface area contributed by atoms with E-state index in [4.69, 9.17) is 0 Å². The molecule has 2 amide bonds. The zero-order chi connectivity index (χ0) is 19.4. The molecule has 1 aliphatic heterocycles. The lowest BCUT2D eigenvalue weighted by atomic mass is 10.1. The van der Waals surface area contributed by atoms with Crippen LogP contribution in [0.25, 0.3) is 0 Å². The summed E-state index contributed by atoms with van der Waals surface area (Å²) in [4.78, 5) is 26.4. The van der Waals surface area contributed by atoms with Gasteiger partial charge in [-0.2, -0.15) is 0 Å². The molecule has 0 unspecified atom stereocenters. The molecule has 0 aliphatic carbocycles. The van der Waals surface area contributed by atoms with Gasteiger partial charge in [-0.05, 0) is 55.2 Å². The SMILES string of the molecule is CCCCC(=O)Nc1ccc([C@H]2SCC(=O)N2c2cccc(C)c2C)cc1. The number of carbonyl (C=O) groups is 2. The van der Waals surface area contributed by atoms with Gasteiger partial charge < -0.3 is 5.32 Å². The van der Waals surface area contributed by atoms with Crippen LogP contribution in [0.1, 0.15) is 48.3 Å². The number of unbranched alkanes of at least 4 members (excludes halogenated alkanes) is 1. The first kappa shape index (κ1) is 19.5. The van der Waals surface area contributed by atoms with E-state index in [1.807, 2.05) is 41.3 Å². The van der Waals surface area contributed by atoms with Crippen molar-refractivity contribution in [3.8, 4) is 0 Å². The number of aryl methyl sites for hydroxylation is 1. The molecule has 4 nitrogen and oxygen atoms in total. The zero-order valence-corrected chi connectivity index (χ0v) is 16.9. The first-order valence-corrected chi connectivity index (χ1v) is 10.5. The maximum atomic E-state index is 12.6. The average molecular weight is 383 g/mol. The number of rotatable bonds is 6. The van der Waals surface area contributed by atoms with E-state index in [0.29, 0.717) is 12.2 Å². The smallest absolute Gasteiger partial charge is 0.238 e. The number of hydrogen-bond acceptors (Lipinski definition) is 3. The molecule has 3 rings (SSSR count). The Morgan fingerprint density at radius 2 is 1.93 bits per heavy atom. The van der Waals surface area contributed by atoms with Crippen molar-refractivity contribution in [3.05, 3.63) is 59.2 Å². The van der Waals surface area contributed by atoms with Crippen LogP contribution >= 0.6 is 11.8 Å². The van der Waals surface area contributed by atoms with Gasteiger partial charge in [-0.25, -0.2) is 0 Å². The van der Waals surface area contributed by atoms with Gasteiger partial charge >= 0.3 is 0 Å². The second kappa shape index (κ2) is 8.61. The van der Waals surface area contributed by atoms with Gasteiger partial charge in [0.05, 0.1) is 5.75 Å². The molecule has 1 fully saturated rings. The molecule has 1 atom stereocenters. The summed E-state index contributed by atoms with van der Waals surface area (Å²) < 4.78 is 0. The minimum absolute atomic E-state index is 0.0390. The van der Waals surface area contributed by atoms with Crippen LogP contribution in [0.15, 0.2) is 42.5 Å². The van der Waals surface area contributed by atoms with E-state index in [-0.39, 0.29) is 17.2 Å². The number of carbonyl (C=O) groups excluding carboxylic acids is 2. The lowest BCUT2D eigenvalue weighted by Gasteiger charge is -2.26. The van der Waals surface area contributed by atoms with E-state index < -0.39 is 0 Å². The number of amides is 2. The predicted octanol–water partition coefficient (Wildman–Crippen LogP) is 5.21. The number of benzene rings is 2. The van der Waals surface area contributed by atoms with Gasteiger partial charge in [0.15, 0.2) is 0 Å². The van der Waals surface area contributed by atoms with Crippen LogP contribution in [-0.4, -0.2) is 17.6 Å². The Morgan fingerprint density at radius 3 is 2.63 bits per heavy atom. The minimum Gasteiger partial charge on any atom is -0.326 e. The fraction of sp³-hybridized carbons (Fsp3) is 0.364. The van der Waals surface area contributed by atoms with Crippen molar-refractivity contribution in [2.75, 3.05) is 16.0 Å². The molecule has 5 heteroatoms. The van der Waals surface area contributed by atoms with E-state index in [9.17, 15) is 9.59 Å². The Morgan fingerprint density at radius 1 is 1.19 bits per heavy atom. The van der Waals surface area contributed by atoms with Gasteiger partial charge in [0.1, 0.15) is 5.37 Å². The van der Waals surface area contributed by atoms with E-state index in [0.717, 1.165) is 35.3 Å². The van der Waals surface area contributed by atoms with E-state index in [2.05, 4.69) is 32.2 Å². The topological polar surface area (TPSA) is 49.4 Å². The van der Waals surface area contributed by atoms with Gasteiger partial charge in [0.25, 0.3) is 0 Å². The maximum absolute atomic E-state index is 12.6.